The van der Waals surface area contributed by atoms with Crippen molar-refractivity contribution in [1.82, 2.24) is 5.32 Å². The molecular weight excluding hydrogens is 242 g/mol. The van der Waals surface area contributed by atoms with E-state index >= 15 is 0 Å². The molecule has 90 valence electrons. The molecule has 2 nitrogen and oxygen atoms in total. The van der Waals surface area contributed by atoms with Crippen molar-refractivity contribution in [1.29, 1.82) is 0 Å². The van der Waals surface area contributed by atoms with E-state index in [-0.39, 0.29) is 0 Å². The van der Waals surface area contributed by atoms with E-state index in [1.165, 1.54) is 18.4 Å². The van der Waals surface area contributed by atoms with Gasteiger partial charge in [-0.15, -0.1) is 11.3 Å². The molecule has 4 heteroatoms. The number of nitrogens with one attached hydrogen (secondary N) is 1. The van der Waals surface area contributed by atoms with Gasteiger partial charge in [0.25, 0.3) is 0 Å². The van der Waals surface area contributed by atoms with E-state index in [4.69, 9.17) is 16.3 Å². The summed E-state index contributed by atoms with van der Waals surface area (Å²) >= 11 is 7.52. The Hall–Kier alpha value is -0.0900. The molecule has 0 radical (unpaired) electrons. The summed E-state index contributed by atoms with van der Waals surface area (Å²) in [5.41, 5.74) is 1.26. The molecule has 0 bridgehead atoms. The Morgan fingerprint density at radius 2 is 2.38 bits per heavy atom. The highest BCUT2D eigenvalue weighted by Crippen LogP contribution is 2.26. The van der Waals surface area contributed by atoms with Crippen LogP contribution in [0.15, 0.2) is 11.4 Å². The van der Waals surface area contributed by atoms with Crippen LogP contribution in [-0.2, 0) is 4.74 Å². The summed E-state index contributed by atoms with van der Waals surface area (Å²) < 4.78 is 6.53. The molecule has 1 aliphatic heterocycles. The molecule has 1 aromatic rings. The number of ether oxygens (including phenoxy) is 1. The third kappa shape index (κ3) is 2.98. The maximum atomic E-state index is 5.93. The Bertz CT molecular complexity index is 336. The third-order valence-corrected chi connectivity index (χ3v) is 4.23. The van der Waals surface area contributed by atoms with E-state index in [2.05, 4.69) is 24.5 Å². The van der Waals surface area contributed by atoms with Crippen LogP contribution in [0, 0.1) is 0 Å². The molecule has 0 aliphatic carbocycles. The van der Waals surface area contributed by atoms with Gasteiger partial charge in [-0.05, 0) is 43.7 Å². The number of hydrogen-bond donors (Lipinski definition) is 1. The Balaban J connectivity index is 1.88. The van der Waals surface area contributed by atoms with Crippen molar-refractivity contribution >= 4 is 22.9 Å². The van der Waals surface area contributed by atoms with Crippen molar-refractivity contribution < 1.29 is 4.74 Å². The molecule has 1 fully saturated rings. The van der Waals surface area contributed by atoms with E-state index in [1.54, 1.807) is 11.3 Å². The fourth-order valence-electron chi connectivity index (χ4n) is 2.15. The van der Waals surface area contributed by atoms with Crippen LogP contribution in [0.25, 0.3) is 0 Å². The minimum absolute atomic E-state index is 0.336. The smallest absolute Gasteiger partial charge is 0.0931 e. The molecule has 0 saturated carbocycles. The fourth-order valence-corrected chi connectivity index (χ4v) is 3.13. The van der Waals surface area contributed by atoms with Crippen LogP contribution in [0.3, 0.4) is 0 Å². The maximum absolute atomic E-state index is 5.93. The molecule has 0 amide bonds. The van der Waals surface area contributed by atoms with Gasteiger partial charge < -0.3 is 10.1 Å². The quantitative estimate of drug-likeness (QED) is 0.892. The van der Waals surface area contributed by atoms with Gasteiger partial charge in [0.05, 0.1) is 10.4 Å². The van der Waals surface area contributed by atoms with E-state index in [1.807, 2.05) is 6.07 Å². The molecule has 1 aromatic heterocycles. The van der Waals surface area contributed by atoms with Gasteiger partial charge in [0.15, 0.2) is 0 Å². The van der Waals surface area contributed by atoms with Crippen LogP contribution in [0.2, 0.25) is 4.34 Å². The third-order valence-electron chi connectivity index (χ3n) is 3.12. The lowest BCUT2D eigenvalue weighted by Gasteiger charge is -2.24. The molecule has 0 spiro atoms. The molecule has 3 unspecified atom stereocenters. The summed E-state index contributed by atoms with van der Waals surface area (Å²) in [4.78, 5) is 0. The van der Waals surface area contributed by atoms with Gasteiger partial charge in [0, 0.05) is 18.7 Å². The summed E-state index contributed by atoms with van der Waals surface area (Å²) in [5, 5.41) is 5.69. The van der Waals surface area contributed by atoms with Crippen molar-refractivity contribution in [3.8, 4) is 0 Å². The Labute approximate surface area is 106 Å². The van der Waals surface area contributed by atoms with Gasteiger partial charge in [-0.1, -0.05) is 11.6 Å². The maximum Gasteiger partial charge on any atom is 0.0931 e. The first-order valence-corrected chi connectivity index (χ1v) is 7.04. The van der Waals surface area contributed by atoms with Gasteiger partial charge in [0.1, 0.15) is 0 Å². The van der Waals surface area contributed by atoms with Crippen LogP contribution < -0.4 is 5.32 Å². The largest absolute Gasteiger partial charge is 0.377 e. The molecule has 0 aromatic carbocycles. The van der Waals surface area contributed by atoms with E-state index in [9.17, 15) is 0 Å². The molecular formula is C12H18ClNOS. The SMILES string of the molecule is CC(NC(C)C1CCCO1)c1csc(Cl)c1. The predicted octanol–water partition coefficient (Wildman–Crippen LogP) is 3.62. The van der Waals surface area contributed by atoms with Crippen LogP contribution >= 0.6 is 22.9 Å². The van der Waals surface area contributed by atoms with Crippen LogP contribution in [0.1, 0.15) is 38.3 Å². The molecule has 2 rings (SSSR count). The van der Waals surface area contributed by atoms with Crippen molar-refractivity contribution in [2.45, 2.75) is 44.9 Å². The lowest BCUT2D eigenvalue weighted by atomic mass is 10.1. The van der Waals surface area contributed by atoms with Crippen LogP contribution in [0.4, 0.5) is 0 Å². The zero-order valence-electron chi connectivity index (χ0n) is 9.70. The fraction of sp³-hybridized carbons (Fsp3) is 0.667. The highest BCUT2D eigenvalue weighted by Gasteiger charge is 2.23. The standard InChI is InChI=1S/C12H18ClNOS/c1-8(10-6-12(13)16-7-10)14-9(2)11-4-3-5-15-11/h6-9,11,14H,3-5H2,1-2H3. The van der Waals surface area contributed by atoms with Crippen LogP contribution in [0.5, 0.6) is 0 Å². The Kier molecular flexibility index (Phi) is 4.25. The number of hydrogen-bond acceptors (Lipinski definition) is 3. The van der Waals surface area contributed by atoms with Crippen LogP contribution in [-0.4, -0.2) is 18.8 Å². The molecule has 1 saturated heterocycles. The van der Waals surface area contributed by atoms with Gasteiger partial charge in [0.2, 0.25) is 0 Å². The highest BCUT2D eigenvalue weighted by atomic mass is 35.5. The summed E-state index contributed by atoms with van der Waals surface area (Å²) in [5.74, 6) is 0. The number of thiophene rings is 1. The second-order valence-corrected chi connectivity index (χ2v) is 5.96. The van der Waals surface area contributed by atoms with E-state index in [0.29, 0.717) is 18.2 Å². The van der Waals surface area contributed by atoms with Gasteiger partial charge in [-0.2, -0.15) is 0 Å². The van der Waals surface area contributed by atoms with Crippen molar-refractivity contribution in [2.75, 3.05) is 6.61 Å². The molecule has 1 N–H and O–H groups in total. The lowest BCUT2D eigenvalue weighted by Crippen LogP contribution is -2.38. The first-order valence-electron chi connectivity index (χ1n) is 5.78. The summed E-state index contributed by atoms with van der Waals surface area (Å²) in [6, 6.07) is 2.77. The number of halogens is 1. The molecule has 3 atom stereocenters. The predicted molar refractivity (Wildman–Crippen MR) is 69.3 cm³/mol. The second-order valence-electron chi connectivity index (χ2n) is 4.41. The topological polar surface area (TPSA) is 21.3 Å². The zero-order chi connectivity index (χ0) is 11.5. The Morgan fingerprint density at radius 3 is 2.94 bits per heavy atom. The second kappa shape index (κ2) is 5.50. The zero-order valence-corrected chi connectivity index (χ0v) is 11.3. The molecule has 2 heterocycles. The Morgan fingerprint density at radius 1 is 1.56 bits per heavy atom. The minimum Gasteiger partial charge on any atom is -0.377 e. The van der Waals surface area contributed by atoms with Gasteiger partial charge >= 0.3 is 0 Å². The van der Waals surface area contributed by atoms with Gasteiger partial charge in [-0.3, -0.25) is 0 Å². The lowest BCUT2D eigenvalue weighted by molar-refractivity contribution is 0.0804. The number of rotatable bonds is 4. The normalized spacial score (nSPS) is 24.6. The minimum atomic E-state index is 0.336. The average molecular weight is 260 g/mol. The first-order chi connectivity index (χ1) is 7.66. The van der Waals surface area contributed by atoms with E-state index in [0.717, 1.165) is 10.9 Å². The monoisotopic (exact) mass is 259 g/mol. The van der Waals surface area contributed by atoms with Crippen molar-refractivity contribution in [3.05, 3.63) is 21.3 Å². The molecule has 16 heavy (non-hydrogen) atoms. The summed E-state index contributed by atoms with van der Waals surface area (Å²) in [7, 11) is 0. The van der Waals surface area contributed by atoms with Gasteiger partial charge in [-0.25, -0.2) is 0 Å². The summed E-state index contributed by atoms with van der Waals surface area (Å²) in [6.45, 7) is 5.28. The highest BCUT2D eigenvalue weighted by molar-refractivity contribution is 7.14. The van der Waals surface area contributed by atoms with E-state index < -0.39 is 0 Å². The summed E-state index contributed by atoms with van der Waals surface area (Å²) in [6.07, 6.45) is 2.73. The molecule has 1 aliphatic rings. The van der Waals surface area contributed by atoms with Crippen molar-refractivity contribution in [2.24, 2.45) is 0 Å². The van der Waals surface area contributed by atoms with Crippen molar-refractivity contribution in [3.63, 3.8) is 0 Å². The average Bonchev–Trinajstić information content (AvgIpc) is 2.87. The first kappa shape index (κ1) is 12.4.